The minimum Gasteiger partial charge on any atom is -0.497 e. The predicted molar refractivity (Wildman–Crippen MR) is 143 cm³/mol. The largest absolute Gasteiger partial charge is 0.497 e. The zero-order chi connectivity index (χ0) is 26.6. The molecule has 4 aromatic carbocycles. The second kappa shape index (κ2) is 10.8. The molecular formula is C31H27FN2O4. The lowest BCUT2D eigenvalue weighted by molar-refractivity contribution is -0.123. The smallest absolute Gasteiger partial charge is 0.259 e. The number of rotatable bonds is 7. The minimum absolute atomic E-state index is 0.200. The highest BCUT2D eigenvalue weighted by Crippen LogP contribution is 2.45. The van der Waals surface area contributed by atoms with Gasteiger partial charge in [-0.15, -0.1) is 0 Å². The third-order valence-corrected chi connectivity index (χ3v) is 6.81. The summed E-state index contributed by atoms with van der Waals surface area (Å²) in [6.07, 6.45) is 0. The lowest BCUT2D eigenvalue weighted by atomic mass is 9.78. The van der Waals surface area contributed by atoms with E-state index >= 15 is 0 Å². The molecule has 192 valence electrons. The summed E-state index contributed by atoms with van der Waals surface area (Å²) in [6, 6.07) is 27.2. The molecule has 7 heteroatoms. The van der Waals surface area contributed by atoms with Crippen molar-refractivity contribution in [3.8, 4) is 11.5 Å². The molecular weight excluding hydrogens is 483 g/mol. The fourth-order valence-electron chi connectivity index (χ4n) is 4.89. The van der Waals surface area contributed by atoms with Gasteiger partial charge in [-0.1, -0.05) is 42.5 Å². The Morgan fingerprint density at radius 2 is 1.45 bits per heavy atom. The first-order valence-corrected chi connectivity index (χ1v) is 12.2. The molecule has 6 nitrogen and oxygen atoms in total. The maximum Gasteiger partial charge on any atom is 0.259 e. The number of nitrogens with zero attached hydrogens (tertiary/aromatic N) is 1. The monoisotopic (exact) mass is 510 g/mol. The Labute approximate surface area is 220 Å². The van der Waals surface area contributed by atoms with E-state index in [1.54, 1.807) is 55.5 Å². The van der Waals surface area contributed by atoms with Crippen molar-refractivity contribution in [1.29, 1.82) is 0 Å². The standard InChI is InChI=1S/C31H27FN2O4/c1-37-24-15-9-21(10-16-24)29-28(30(35)33-19-20-7-11-22(32)12-8-20)26-5-3-4-6-27(26)31(36)34(29)23-13-17-25(38-2)18-14-23/h3-18,28-29H,19H2,1-2H3,(H,33,35)/t28-,29-/m1/s1. The first kappa shape index (κ1) is 25.0. The summed E-state index contributed by atoms with van der Waals surface area (Å²) < 4.78 is 24.0. The molecule has 1 N–H and O–H groups in total. The molecule has 2 atom stereocenters. The number of hydrogen-bond acceptors (Lipinski definition) is 4. The van der Waals surface area contributed by atoms with Crippen LogP contribution in [-0.2, 0) is 11.3 Å². The lowest BCUT2D eigenvalue weighted by Gasteiger charge is -2.42. The van der Waals surface area contributed by atoms with E-state index in [1.165, 1.54) is 12.1 Å². The SMILES string of the molecule is COc1ccc([C@@H]2[C@H](C(=O)NCc3ccc(F)cc3)c3ccccc3C(=O)N2c2ccc(OC)cc2)cc1. The normalized spacial score (nSPS) is 16.5. The predicted octanol–water partition coefficient (Wildman–Crippen LogP) is 5.64. The number of anilines is 1. The Hall–Kier alpha value is -4.65. The van der Waals surface area contributed by atoms with Crippen LogP contribution in [0.15, 0.2) is 97.1 Å². The molecule has 0 spiro atoms. The average Bonchev–Trinajstić information content (AvgIpc) is 2.97. The summed E-state index contributed by atoms with van der Waals surface area (Å²) in [6.45, 7) is 0.226. The second-order valence-corrected chi connectivity index (χ2v) is 9.00. The van der Waals surface area contributed by atoms with E-state index in [-0.39, 0.29) is 24.2 Å². The molecule has 0 aliphatic carbocycles. The fraction of sp³-hybridized carbons (Fsp3) is 0.161. The molecule has 0 bridgehead atoms. The lowest BCUT2D eigenvalue weighted by Crippen LogP contribution is -2.47. The summed E-state index contributed by atoms with van der Waals surface area (Å²) >= 11 is 0. The average molecular weight is 511 g/mol. The van der Waals surface area contributed by atoms with Crippen LogP contribution in [0.2, 0.25) is 0 Å². The molecule has 1 aliphatic rings. The van der Waals surface area contributed by atoms with Gasteiger partial charge in [0.2, 0.25) is 5.91 Å². The number of benzene rings is 4. The fourth-order valence-corrected chi connectivity index (χ4v) is 4.89. The number of ether oxygens (including phenoxy) is 2. The molecule has 5 rings (SSSR count). The van der Waals surface area contributed by atoms with Crippen LogP contribution in [0.1, 0.15) is 39.0 Å². The van der Waals surface area contributed by atoms with Gasteiger partial charge in [-0.2, -0.15) is 0 Å². The Morgan fingerprint density at radius 3 is 2.08 bits per heavy atom. The van der Waals surface area contributed by atoms with E-state index in [0.29, 0.717) is 28.3 Å². The van der Waals surface area contributed by atoms with Crippen LogP contribution in [0.5, 0.6) is 11.5 Å². The van der Waals surface area contributed by atoms with Crippen LogP contribution in [0.25, 0.3) is 0 Å². The van der Waals surface area contributed by atoms with Crippen molar-refractivity contribution in [1.82, 2.24) is 5.32 Å². The number of carbonyl (C=O) groups excluding carboxylic acids is 2. The molecule has 1 aliphatic heterocycles. The molecule has 0 saturated heterocycles. The van der Waals surface area contributed by atoms with Gasteiger partial charge in [0.05, 0.1) is 26.2 Å². The van der Waals surface area contributed by atoms with Crippen LogP contribution in [0, 0.1) is 5.82 Å². The van der Waals surface area contributed by atoms with Crippen LogP contribution in [0.4, 0.5) is 10.1 Å². The van der Waals surface area contributed by atoms with E-state index in [2.05, 4.69) is 5.32 Å². The van der Waals surface area contributed by atoms with Crippen molar-refractivity contribution < 1.29 is 23.5 Å². The zero-order valence-corrected chi connectivity index (χ0v) is 21.1. The van der Waals surface area contributed by atoms with E-state index in [4.69, 9.17) is 9.47 Å². The molecule has 0 aromatic heterocycles. The van der Waals surface area contributed by atoms with Gasteiger partial charge >= 0.3 is 0 Å². The topological polar surface area (TPSA) is 67.9 Å². The van der Waals surface area contributed by atoms with Gasteiger partial charge in [-0.25, -0.2) is 4.39 Å². The van der Waals surface area contributed by atoms with Gasteiger partial charge in [-0.05, 0) is 71.3 Å². The molecule has 38 heavy (non-hydrogen) atoms. The van der Waals surface area contributed by atoms with E-state index in [0.717, 1.165) is 11.1 Å². The van der Waals surface area contributed by atoms with E-state index in [1.807, 2.05) is 48.5 Å². The zero-order valence-electron chi connectivity index (χ0n) is 21.1. The highest BCUT2D eigenvalue weighted by molar-refractivity contribution is 6.11. The van der Waals surface area contributed by atoms with Gasteiger partial charge in [0.1, 0.15) is 17.3 Å². The van der Waals surface area contributed by atoms with E-state index in [9.17, 15) is 14.0 Å². The third kappa shape index (κ3) is 4.83. The number of nitrogens with one attached hydrogen (secondary N) is 1. The highest BCUT2D eigenvalue weighted by Gasteiger charge is 2.44. The Kier molecular flexibility index (Phi) is 7.09. The van der Waals surface area contributed by atoms with Crippen LogP contribution < -0.4 is 19.7 Å². The van der Waals surface area contributed by atoms with Crippen LogP contribution in [-0.4, -0.2) is 26.0 Å². The number of fused-ring (bicyclic) bond motifs is 1. The van der Waals surface area contributed by atoms with Gasteiger partial charge in [0, 0.05) is 17.8 Å². The molecule has 0 saturated carbocycles. The maximum absolute atomic E-state index is 14.0. The molecule has 1 heterocycles. The van der Waals surface area contributed by atoms with Crippen molar-refractivity contribution in [3.63, 3.8) is 0 Å². The Balaban J connectivity index is 1.61. The summed E-state index contributed by atoms with van der Waals surface area (Å²) in [5, 5.41) is 3.01. The van der Waals surface area contributed by atoms with Crippen molar-refractivity contribution in [2.45, 2.75) is 18.5 Å². The van der Waals surface area contributed by atoms with Gasteiger partial charge in [0.15, 0.2) is 0 Å². The number of methoxy groups -OCH3 is 2. The molecule has 0 unspecified atom stereocenters. The maximum atomic E-state index is 14.0. The minimum atomic E-state index is -0.708. The van der Waals surface area contributed by atoms with Crippen molar-refractivity contribution in [2.75, 3.05) is 19.1 Å². The Morgan fingerprint density at radius 1 is 0.842 bits per heavy atom. The highest BCUT2D eigenvalue weighted by atomic mass is 19.1. The van der Waals surface area contributed by atoms with Crippen molar-refractivity contribution in [2.24, 2.45) is 0 Å². The Bertz CT molecular complexity index is 1440. The van der Waals surface area contributed by atoms with Crippen LogP contribution in [0.3, 0.4) is 0 Å². The summed E-state index contributed by atoms with van der Waals surface area (Å²) in [5.41, 5.74) is 3.32. The number of carbonyl (C=O) groups is 2. The quantitative estimate of drug-likeness (QED) is 0.349. The third-order valence-electron chi connectivity index (χ3n) is 6.81. The molecule has 4 aromatic rings. The molecule has 2 amide bonds. The number of halogens is 1. The molecule has 0 radical (unpaired) electrons. The van der Waals surface area contributed by atoms with Gasteiger partial charge in [-0.3, -0.25) is 14.5 Å². The summed E-state index contributed by atoms with van der Waals surface area (Å²) in [5.74, 6) is -0.157. The molecule has 0 fully saturated rings. The summed E-state index contributed by atoms with van der Waals surface area (Å²) in [4.78, 5) is 29.6. The van der Waals surface area contributed by atoms with Crippen molar-refractivity contribution >= 4 is 17.5 Å². The number of hydrogen-bond donors (Lipinski definition) is 1. The first-order valence-electron chi connectivity index (χ1n) is 12.2. The van der Waals surface area contributed by atoms with Crippen molar-refractivity contribution in [3.05, 3.63) is 125 Å². The van der Waals surface area contributed by atoms with E-state index < -0.39 is 12.0 Å². The second-order valence-electron chi connectivity index (χ2n) is 9.00. The van der Waals surface area contributed by atoms with Gasteiger partial charge in [0.25, 0.3) is 5.91 Å². The van der Waals surface area contributed by atoms with Crippen LogP contribution >= 0.6 is 0 Å². The van der Waals surface area contributed by atoms with Gasteiger partial charge < -0.3 is 14.8 Å². The first-order chi connectivity index (χ1) is 18.5. The number of amides is 2. The summed E-state index contributed by atoms with van der Waals surface area (Å²) in [7, 11) is 3.17.